The highest BCUT2D eigenvalue weighted by molar-refractivity contribution is 9.10. The van der Waals surface area contributed by atoms with E-state index in [4.69, 9.17) is 39.4 Å². The summed E-state index contributed by atoms with van der Waals surface area (Å²) in [5.41, 5.74) is 12.1. The number of nitrogens with two attached hydrogens (primary N) is 2. The van der Waals surface area contributed by atoms with Crippen molar-refractivity contribution in [2.24, 2.45) is 21.7 Å². The van der Waals surface area contributed by atoms with Crippen LogP contribution in [0.1, 0.15) is 11.1 Å². The summed E-state index contributed by atoms with van der Waals surface area (Å²) in [6.45, 7) is 0.329. The van der Waals surface area contributed by atoms with Gasteiger partial charge in [0.15, 0.2) is 0 Å². The van der Waals surface area contributed by atoms with E-state index >= 15 is 0 Å². The van der Waals surface area contributed by atoms with E-state index in [1.807, 2.05) is 24.3 Å². The van der Waals surface area contributed by atoms with E-state index in [1.54, 1.807) is 12.1 Å². The largest absolute Gasteiger partial charge is 0.488 e. The molecule has 120 valence electrons. The summed E-state index contributed by atoms with van der Waals surface area (Å²) in [6, 6.07) is 10.8. The van der Waals surface area contributed by atoms with Gasteiger partial charge in [-0.1, -0.05) is 29.3 Å². The van der Waals surface area contributed by atoms with Gasteiger partial charge in [-0.05, 0) is 51.8 Å². The highest BCUT2D eigenvalue weighted by Gasteiger charge is 2.05. The first-order valence-electron chi connectivity index (χ1n) is 6.44. The Morgan fingerprint density at radius 2 is 1.96 bits per heavy atom. The molecule has 0 aliphatic carbocycles. The lowest BCUT2D eigenvalue weighted by molar-refractivity contribution is 0.304. The van der Waals surface area contributed by atoms with Crippen LogP contribution in [0.4, 0.5) is 0 Å². The van der Waals surface area contributed by atoms with Crippen LogP contribution in [0.2, 0.25) is 10.0 Å². The van der Waals surface area contributed by atoms with Gasteiger partial charge in [-0.25, -0.2) is 0 Å². The van der Waals surface area contributed by atoms with Crippen LogP contribution in [0, 0.1) is 0 Å². The zero-order valence-electron chi connectivity index (χ0n) is 11.8. The SMILES string of the molecule is NC(N)=N/N=C/c1ccc(OCc2ccc(Cl)cc2Cl)c(Br)c1. The molecular formula is C15H13BrCl2N4O. The summed E-state index contributed by atoms with van der Waals surface area (Å²) in [5, 5.41) is 8.43. The molecular weight excluding hydrogens is 403 g/mol. The van der Waals surface area contributed by atoms with Gasteiger partial charge in [-0.2, -0.15) is 5.10 Å². The molecule has 0 fully saturated rings. The second kappa shape index (κ2) is 8.19. The first-order chi connectivity index (χ1) is 11.0. The molecule has 0 atom stereocenters. The second-order valence-corrected chi connectivity index (χ2v) is 6.18. The maximum absolute atomic E-state index is 6.12. The molecule has 0 heterocycles. The minimum atomic E-state index is -0.0971. The molecule has 8 heteroatoms. The zero-order valence-corrected chi connectivity index (χ0v) is 14.9. The summed E-state index contributed by atoms with van der Waals surface area (Å²) >= 11 is 15.4. The molecule has 0 saturated carbocycles. The Balaban J connectivity index is 2.06. The molecule has 0 unspecified atom stereocenters. The minimum Gasteiger partial charge on any atom is -0.488 e. The number of ether oxygens (including phenoxy) is 1. The fraction of sp³-hybridized carbons (Fsp3) is 0.0667. The predicted octanol–water partition coefficient (Wildman–Crippen LogP) is 3.94. The summed E-state index contributed by atoms with van der Waals surface area (Å²) in [4.78, 5) is 0. The Kier molecular flexibility index (Phi) is 6.27. The lowest BCUT2D eigenvalue weighted by atomic mass is 10.2. The third kappa shape index (κ3) is 5.42. The molecule has 0 bridgehead atoms. The summed E-state index contributed by atoms with van der Waals surface area (Å²) in [5.74, 6) is 0.579. The Morgan fingerprint density at radius 3 is 2.61 bits per heavy atom. The van der Waals surface area contributed by atoms with E-state index in [0.29, 0.717) is 22.4 Å². The number of guanidine groups is 1. The second-order valence-electron chi connectivity index (χ2n) is 4.48. The highest BCUT2D eigenvalue weighted by Crippen LogP contribution is 2.28. The molecule has 2 aromatic carbocycles. The molecule has 0 radical (unpaired) electrons. The average molecular weight is 416 g/mol. The number of hydrogen-bond donors (Lipinski definition) is 2. The van der Waals surface area contributed by atoms with Gasteiger partial charge in [-0.15, -0.1) is 5.10 Å². The molecule has 0 aliphatic rings. The molecule has 0 spiro atoms. The van der Waals surface area contributed by atoms with Crippen LogP contribution in [0.15, 0.2) is 51.1 Å². The third-order valence-corrected chi connectivity index (χ3v) is 3.94. The van der Waals surface area contributed by atoms with Crippen molar-refractivity contribution in [3.8, 4) is 5.75 Å². The molecule has 2 rings (SSSR count). The quantitative estimate of drug-likeness (QED) is 0.440. The van der Waals surface area contributed by atoms with Crippen molar-refractivity contribution in [3.05, 3.63) is 62.0 Å². The van der Waals surface area contributed by atoms with E-state index in [-0.39, 0.29) is 5.96 Å². The average Bonchev–Trinajstić information content (AvgIpc) is 2.47. The van der Waals surface area contributed by atoms with Gasteiger partial charge in [-0.3, -0.25) is 0 Å². The zero-order chi connectivity index (χ0) is 16.8. The summed E-state index contributed by atoms with van der Waals surface area (Å²) in [7, 11) is 0. The predicted molar refractivity (Wildman–Crippen MR) is 98.3 cm³/mol. The van der Waals surface area contributed by atoms with Crippen LogP contribution in [-0.4, -0.2) is 12.2 Å². The molecule has 2 aromatic rings. The first kappa shape index (κ1) is 17.6. The van der Waals surface area contributed by atoms with Gasteiger partial charge in [0.2, 0.25) is 5.96 Å². The highest BCUT2D eigenvalue weighted by atomic mass is 79.9. The van der Waals surface area contributed by atoms with Gasteiger partial charge in [0, 0.05) is 15.6 Å². The lowest BCUT2D eigenvalue weighted by Gasteiger charge is -2.10. The maximum Gasteiger partial charge on any atom is 0.211 e. The normalized spacial score (nSPS) is 10.7. The summed E-state index contributed by atoms with van der Waals surface area (Å²) in [6.07, 6.45) is 1.53. The van der Waals surface area contributed by atoms with Crippen LogP contribution in [-0.2, 0) is 6.61 Å². The Bertz CT molecular complexity index is 761. The van der Waals surface area contributed by atoms with E-state index in [2.05, 4.69) is 26.1 Å². The van der Waals surface area contributed by atoms with Crippen LogP contribution >= 0.6 is 39.1 Å². The van der Waals surface area contributed by atoms with E-state index in [1.165, 1.54) is 6.21 Å². The van der Waals surface area contributed by atoms with Crippen LogP contribution in [0.5, 0.6) is 5.75 Å². The van der Waals surface area contributed by atoms with Gasteiger partial charge in [0.25, 0.3) is 0 Å². The number of halogens is 3. The van der Waals surface area contributed by atoms with Crippen molar-refractivity contribution in [3.63, 3.8) is 0 Å². The fourth-order valence-corrected chi connectivity index (χ4v) is 2.64. The third-order valence-electron chi connectivity index (χ3n) is 2.73. The monoisotopic (exact) mass is 414 g/mol. The molecule has 23 heavy (non-hydrogen) atoms. The first-order valence-corrected chi connectivity index (χ1v) is 7.99. The van der Waals surface area contributed by atoms with Crippen molar-refractivity contribution in [1.29, 1.82) is 0 Å². The molecule has 4 N–H and O–H groups in total. The smallest absolute Gasteiger partial charge is 0.211 e. The van der Waals surface area contributed by atoms with Gasteiger partial charge in [0.1, 0.15) is 12.4 Å². The Morgan fingerprint density at radius 1 is 1.17 bits per heavy atom. The lowest BCUT2D eigenvalue weighted by Crippen LogP contribution is -2.21. The Hall–Kier alpha value is -1.76. The van der Waals surface area contributed by atoms with Crippen molar-refractivity contribution in [1.82, 2.24) is 0 Å². The van der Waals surface area contributed by atoms with Gasteiger partial charge < -0.3 is 16.2 Å². The van der Waals surface area contributed by atoms with E-state index in [0.717, 1.165) is 15.6 Å². The molecule has 0 aliphatic heterocycles. The van der Waals surface area contributed by atoms with Crippen LogP contribution < -0.4 is 16.2 Å². The van der Waals surface area contributed by atoms with Gasteiger partial charge in [0.05, 0.1) is 10.7 Å². The fourth-order valence-electron chi connectivity index (χ4n) is 1.67. The molecule has 5 nitrogen and oxygen atoms in total. The Labute approximate surface area is 152 Å². The molecule has 0 saturated heterocycles. The standard InChI is InChI=1S/C15H13BrCl2N4O/c16-12-5-9(7-21-22-15(19)20)1-4-14(12)23-8-10-2-3-11(17)6-13(10)18/h1-7H,8H2,(H4,19,20,22)/b21-7+. The van der Waals surface area contributed by atoms with E-state index in [9.17, 15) is 0 Å². The van der Waals surface area contributed by atoms with Crippen molar-refractivity contribution >= 4 is 51.3 Å². The van der Waals surface area contributed by atoms with Crippen molar-refractivity contribution in [2.75, 3.05) is 0 Å². The number of hydrogen-bond acceptors (Lipinski definition) is 3. The van der Waals surface area contributed by atoms with Crippen molar-refractivity contribution < 1.29 is 4.74 Å². The number of benzene rings is 2. The minimum absolute atomic E-state index is 0.0971. The summed E-state index contributed by atoms with van der Waals surface area (Å²) < 4.78 is 6.53. The topological polar surface area (TPSA) is 86.0 Å². The van der Waals surface area contributed by atoms with Crippen molar-refractivity contribution in [2.45, 2.75) is 6.61 Å². The van der Waals surface area contributed by atoms with E-state index < -0.39 is 0 Å². The molecule has 0 amide bonds. The van der Waals surface area contributed by atoms with Crippen LogP contribution in [0.3, 0.4) is 0 Å². The van der Waals surface area contributed by atoms with Crippen LogP contribution in [0.25, 0.3) is 0 Å². The van der Waals surface area contributed by atoms with Gasteiger partial charge >= 0.3 is 0 Å². The number of nitrogens with zero attached hydrogens (tertiary/aromatic N) is 2. The number of rotatable bonds is 5. The molecule has 0 aromatic heterocycles. The maximum atomic E-state index is 6.12.